The van der Waals surface area contributed by atoms with Gasteiger partial charge in [0.1, 0.15) is 0 Å². The molecule has 0 atom stereocenters. The fraction of sp³-hybridized carbons (Fsp3) is 0.136. The van der Waals surface area contributed by atoms with Crippen LogP contribution >= 0.6 is 23.2 Å². The Morgan fingerprint density at radius 2 is 1.77 bits per heavy atom. The predicted octanol–water partition coefficient (Wildman–Crippen LogP) is 4.97. The molecule has 0 bridgehead atoms. The third-order valence-electron chi connectivity index (χ3n) is 5.14. The number of aryl methyl sites for hydroxylation is 1. The first-order valence-electron chi connectivity index (χ1n) is 9.54. The third kappa shape index (κ3) is 4.08. The highest BCUT2D eigenvalue weighted by Crippen LogP contribution is 2.34. The van der Waals surface area contributed by atoms with E-state index in [4.69, 9.17) is 28.9 Å². The van der Waals surface area contributed by atoms with Gasteiger partial charge in [-0.3, -0.25) is 9.10 Å². The molecule has 1 aliphatic heterocycles. The molecule has 3 N–H and O–H groups in total. The number of nitrogens with zero attached hydrogens (tertiary/aromatic N) is 1. The highest BCUT2D eigenvalue weighted by Gasteiger charge is 2.29. The SMILES string of the molecule is Nc1c(Cl)cccc1C(=O)Nc1cc(S(=O)(=O)N2CCCc3ccccc32)ccc1Cl. The van der Waals surface area contributed by atoms with E-state index in [1.54, 1.807) is 18.2 Å². The molecule has 0 unspecified atom stereocenters. The molecule has 0 aromatic heterocycles. The molecule has 1 amide bonds. The van der Waals surface area contributed by atoms with Crippen LogP contribution in [0.5, 0.6) is 0 Å². The second-order valence-corrected chi connectivity index (χ2v) is 9.78. The minimum absolute atomic E-state index is 0.0305. The maximum atomic E-state index is 13.4. The van der Waals surface area contributed by atoms with Crippen molar-refractivity contribution in [1.82, 2.24) is 0 Å². The number of carbonyl (C=O) groups is 1. The van der Waals surface area contributed by atoms with Gasteiger partial charge in [0.25, 0.3) is 15.9 Å². The first kappa shape index (κ1) is 21.5. The number of hydrogen-bond acceptors (Lipinski definition) is 4. The number of nitrogens with two attached hydrogens (primary N) is 1. The van der Waals surface area contributed by atoms with Crippen molar-refractivity contribution in [3.8, 4) is 0 Å². The lowest BCUT2D eigenvalue weighted by molar-refractivity contribution is 0.102. The number of sulfonamides is 1. The van der Waals surface area contributed by atoms with Gasteiger partial charge in [-0.2, -0.15) is 0 Å². The van der Waals surface area contributed by atoms with Crippen molar-refractivity contribution in [2.75, 3.05) is 21.9 Å². The number of hydrogen-bond donors (Lipinski definition) is 2. The Hall–Kier alpha value is -2.74. The van der Waals surface area contributed by atoms with E-state index >= 15 is 0 Å². The predicted molar refractivity (Wildman–Crippen MR) is 125 cm³/mol. The van der Waals surface area contributed by atoms with Crippen LogP contribution in [0.2, 0.25) is 10.0 Å². The highest BCUT2D eigenvalue weighted by atomic mass is 35.5. The number of nitrogens with one attached hydrogen (secondary N) is 1. The van der Waals surface area contributed by atoms with Gasteiger partial charge in [-0.05, 0) is 54.8 Å². The van der Waals surface area contributed by atoms with Crippen molar-refractivity contribution >= 4 is 56.2 Å². The van der Waals surface area contributed by atoms with Crippen LogP contribution in [0.25, 0.3) is 0 Å². The Morgan fingerprint density at radius 1 is 1.00 bits per heavy atom. The second-order valence-electron chi connectivity index (χ2n) is 7.11. The normalized spacial score (nSPS) is 13.5. The van der Waals surface area contributed by atoms with Gasteiger partial charge in [0.15, 0.2) is 0 Å². The van der Waals surface area contributed by atoms with E-state index in [1.165, 1.54) is 28.6 Å². The molecule has 3 aromatic carbocycles. The van der Waals surface area contributed by atoms with Gasteiger partial charge >= 0.3 is 0 Å². The summed E-state index contributed by atoms with van der Waals surface area (Å²) in [7, 11) is -3.85. The monoisotopic (exact) mass is 475 g/mol. The number of anilines is 3. The van der Waals surface area contributed by atoms with Crippen LogP contribution in [0.1, 0.15) is 22.3 Å². The molecule has 6 nitrogen and oxygen atoms in total. The molecule has 160 valence electrons. The van der Waals surface area contributed by atoms with Crippen molar-refractivity contribution in [2.24, 2.45) is 0 Å². The summed E-state index contributed by atoms with van der Waals surface area (Å²) in [5.41, 5.74) is 8.00. The van der Waals surface area contributed by atoms with Crippen molar-refractivity contribution < 1.29 is 13.2 Å². The zero-order chi connectivity index (χ0) is 22.2. The molecular formula is C22H19Cl2N3O3S. The average molecular weight is 476 g/mol. The zero-order valence-corrected chi connectivity index (χ0v) is 18.6. The quantitative estimate of drug-likeness (QED) is 0.520. The molecule has 1 heterocycles. The Morgan fingerprint density at radius 3 is 2.58 bits per heavy atom. The Balaban J connectivity index is 1.68. The first-order valence-corrected chi connectivity index (χ1v) is 11.7. The molecule has 4 rings (SSSR count). The van der Waals surface area contributed by atoms with Gasteiger partial charge in [-0.1, -0.05) is 47.5 Å². The largest absolute Gasteiger partial charge is 0.397 e. The molecule has 9 heteroatoms. The van der Waals surface area contributed by atoms with E-state index in [9.17, 15) is 13.2 Å². The third-order valence-corrected chi connectivity index (χ3v) is 7.61. The lowest BCUT2D eigenvalue weighted by Gasteiger charge is -2.30. The molecule has 0 saturated carbocycles. The summed E-state index contributed by atoms with van der Waals surface area (Å²) >= 11 is 12.2. The average Bonchev–Trinajstić information content (AvgIpc) is 2.76. The molecule has 3 aromatic rings. The number of carbonyl (C=O) groups excluding carboxylic acids is 1. The maximum absolute atomic E-state index is 13.4. The number of benzene rings is 3. The zero-order valence-electron chi connectivity index (χ0n) is 16.3. The maximum Gasteiger partial charge on any atom is 0.264 e. The van der Waals surface area contributed by atoms with E-state index in [0.29, 0.717) is 12.2 Å². The lowest BCUT2D eigenvalue weighted by atomic mass is 10.0. The van der Waals surface area contributed by atoms with Crippen LogP contribution in [0.15, 0.2) is 65.6 Å². The fourth-order valence-electron chi connectivity index (χ4n) is 3.56. The molecule has 0 saturated heterocycles. The summed E-state index contributed by atoms with van der Waals surface area (Å²) in [5, 5.41) is 3.09. The van der Waals surface area contributed by atoms with Crippen LogP contribution in [-0.4, -0.2) is 20.9 Å². The number of amides is 1. The van der Waals surface area contributed by atoms with Crippen molar-refractivity contribution in [1.29, 1.82) is 0 Å². The summed E-state index contributed by atoms with van der Waals surface area (Å²) in [4.78, 5) is 12.7. The van der Waals surface area contributed by atoms with Gasteiger partial charge in [0.05, 0.1) is 37.6 Å². The summed E-state index contributed by atoms with van der Waals surface area (Å²) < 4.78 is 28.2. The number of rotatable bonds is 4. The molecule has 1 aliphatic rings. The molecule has 0 fully saturated rings. The van der Waals surface area contributed by atoms with Crippen molar-refractivity contribution in [2.45, 2.75) is 17.7 Å². The first-order chi connectivity index (χ1) is 14.8. The van der Waals surface area contributed by atoms with E-state index in [0.717, 1.165) is 18.4 Å². The summed E-state index contributed by atoms with van der Waals surface area (Å²) in [6, 6.07) is 16.4. The number of nitrogen functional groups attached to an aromatic ring is 1. The van der Waals surface area contributed by atoms with Crippen LogP contribution in [0, 0.1) is 0 Å². The smallest absolute Gasteiger partial charge is 0.264 e. The van der Waals surface area contributed by atoms with E-state index in [1.807, 2.05) is 18.2 Å². The Kier molecular flexibility index (Phi) is 5.83. The van der Waals surface area contributed by atoms with Gasteiger partial charge in [0.2, 0.25) is 0 Å². The Bertz CT molecular complexity index is 1280. The standard InChI is InChI=1S/C22H19Cl2N3O3S/c23-17-11-10-15(13-19(17)26-22(28)16-7-3-8-18(24)21(16)25)31(29,30)27-12-4-6-14-5-1-2-9-20(14)27/h1-3,5,7-11,13H,4,6,12,25H2,(H,26,28). The topological polar surface area (TPSA) is 92.5 Å². The summed E-state index contributed by atoms with van der Waals surface area (Å²) in [6.07, 6.45) is 1.55. The van der Waals surface area contributed by atoms with Gasteiger partial charge < -0.3 is 11.1 Å². The minimum Gasteiger partial charge on any atom is -0.397 e. The summed E-state index contributed by atoms with van der Waals surface area (Å²) in [5.74, 6) is -0.542. The van der Waals surface area contributed by atoms with Crippen molar-refractivity contribution in [3.05, 3.63) is 81.8 Å². The van der Waals surface area contributed by atoms with E-state index in [2.05, 4.69) is 5.32 Å². The molecular weight excluding hydrogens is 457 g/mol. The van der Waals surface area contributed by atoms with Gasteiger partial charge in [-0.15, -0.1) is 0 Å². The minimum atomic E-state index is -3.85. The van der Waals surface area contributed by atoms with Crippen LogP contribution in [0.3, 0.4) is 0 Å². The molecule has 31 heavy (non-hydrogen) atoms. The van der Waals surface area contributed by atoms with Gasteiger partial charge in [0, 0.05) is 6.54 Å². The van der Waals surface area contributed by atoms with Crippen molar-refractivity contribution in [3.63, 3.8) is 0 Å². The Labute approximate surface area is 190 Å². The lowest BCUT2D eigenvalue weighted by Crippen LogP contribution is -2.35. The molecule has 0 aliphatic carbocycles. The number of para-hydroxylation sites is 2. The highest BCUT2D eigenvalue weighted by molar-refractivity contribution is 7.92. The second kappa shape index (κ2) is 8.42. The number of halogens is 2. The van der Waals surface area contributed by atoms with Gasteiger partial charge in [-0.25, -0.2) is 8.42 Å². The van der Waals surface area contributed by atoms with E-state index < -0.39 is 15.9 Å². The van der Waals surface area contributed by atoms with Crippen LogP contribution < -0.4 is 15.4 Å². The summed E-state index contributed by atoms with van der Waals surface area (Å²) in [6.45, 7) is 0.378. The fourth-order valence-corrected chi connectivity index (χ4v) is 5.47. The number of fused-ring (bicyclic) bond motifs is 1. The van der Waals surface area contributed by atoms with Crippen LogP contribution in [0.4, 0.5) is 17.1 Å². The van der Waals surface area contributed by atoms with E-state index in [-0.39, 0.29) is 31.9 Å². The molecule has 0 spiro atoms. The van der Waals surface area contributed by atoms with Crippen LogP contribution in [-0.2, 0) is 16.4 Å². The molecule has 0 radical (unpaired) electrons.